The van der Waals surface area contributed by atoms with Gasteiger partial charge in [0.15, 0.2) is 19.0 Å². The van der Waals surface area contributed by atoms with Gasteiger partial charge in [-0.25, -0.2) is 17.6 Å². The van der Waals surface area contributed by atoms with Crippen molar-refractivity contribution in [3.8, 4) is 5.75 Å². The van der Waals surface area contributed by atoms with E-state index in [1.54, 1.807) is 24.3 Å². The van der Waals surface area contributed by atoms with Gasteiger partial charge < -0.3 is 9.47 Å². The minimum atomic E-state index is -3.87. The topological polar surface area (TPSA) is 90.0 Å². The number of esters is 1. The molecule has 7 nitrogen and oxygen atoms in total. The summed E-state index contributed by atoms with van der Waals surface area (Å²) < 4.78 is 50.6. The summed E-state index contributed by atoms with van der Waals surface area (Å²) in [6.07, 6.45) is 0. The predicted octanol–water partition coefficient (Wildman–Crippen LogP) is 4.22. The van der Waals surface area contributed by atoms with Gasteiger partial charge in [0.05, 0.1) is 10.6 Å². The molecule has 0 amide bonds. The lowest BCUT2D eigenvalue weighted by molar-refractivity contribution is -0.144. The Kier molecular flexibility index (Phi) is 7.83. The SMILES string of the molecule is CN(c1ccc(OCC(=O)OCC(=O)c2ccc(Br)cc2)cc1)S(=O)(=O)c1ccc(F)cc1. The van der Waals surface area contributed by atoms with Crippen molar-refractivity contribution in [1.29, 1.82) is 0 Å². The van der Waals surface area contributed by atoms with Gasteiger partial charge in [0.2, 0.25) is 0 Å². The maximum absolute atomic E-state index is 13.1. The first-order valence-electron chi connectivity index (χ1n) is 9.58. The minimum Gasteiger partial charge on any atom is -0.482 e. The van der Waals surface area contributed by atoms with Gasteiger partial charge in [-0.2, -0.15) is 0 Å². The number of hydrogen-bond acceptors (Lipinski definition) is 6. The van der Waals surface area contributed by atoms with E-state index in [2.05, 4.69) is 15.9 Å². The Morgan fingerprint density at radius 3 is 2.12 bits per heavy atom. The van der Waals surface area contributed by atoms with E-state index in [1.807, 2.05) is 0 Å². The third kappa shape index (κ3) is 6.39. The van der Waals surface area contributed by atoms with E-state index < -0.39 is 35.0 Å². The number of carbonyl (C=O) groups excluding carboxylic acids is 2. The average molecular weight is 536 g/mol. The van der Waals surface area contributed by atoms with Gasteiger partial charge in [-0.15, -0.1) is 0 Å². The summed E-state index contributed by atoms with van der Waals surface area (Å²) >= 11 is 3.28. The fourth-order valence-electron chi connectivity index (χ4n) is 2.70. The molecule has 0 spiro atoms. The Hall–Kier alpha value is -3.24. The highest BCUT2D eigenvalue weighted by Gasteiger charge is 2.21. The van der Waals surface area contributed by atoms with Crippen molar-refractivity contribution < 1.29 is 31.9 Å². The molecule has 3 aromatic rings. The maximum atomic E-state index is 13.1. The lowest BCUT2D eigenvalue weighted by Gasteiger charge is -2.19. The van der Waals surface area contributed by atoms with E-state index >= 15 is 0 Å². The summed E-state index contributed by atoms with van der Waals surface area (Å²) in [6.45, 7) is -0.828. The Bertz CT molecular complexity index is 1230. The van der Waals surface area contributed by atoms with E-state index in [9.17, 15) is 22.4 Å². The maximum Gasteiger partial charge on any atom is 0.344 e. The van der Waals surface area contributed by atoms with Crippen LogP contribution < -0.4 is 9.04 Å². The second-order valence-electron chi connectivity index (χ2n) is 6.80. The molecular formula is C23H19BrFNO6S. The molecule has 0 N–H and O–H groups in total. The second-order valence-corrected chi connectivity index (χ2v) is 9.68. The number of rotatable bonds is 9. The number of halogens is 2. The molecule has 0 aliphatic heterocycles. The number of benzene rings is 3. The van der Waals surface area contributed by atoms with E-state index in [-0.39, 0.29) is 10.7 Å². The van der Waals surface area contributed by atoms with Crippen molar-refractivity contribution in [3.63, 3.8) is 0 Å². The van der Waals surface area contributed by atoms with Crippen molar-refractivity contribution in [2.45, 2.75) is 4.90 Å². The van der Waals surface area contributed by atoms with Gasteiger partial charge >= 0.3 is 5.97 Å². The lowest BCUT2D eigenvalue weighted by atomic mass is 10.1. The van der Waals surface area contributed by atoms with Gasteiger partial charge in [0.1, 0.15) is 11.6 Å². The fourth-order valence-corrected chi connectivity index (χ4v) is 4.16. The van der Waals surface area contributed by atoms with Crippen LogP contribution in [0.2, 0.25) is 0 Å². The van der Waals surface area contributed by atoms with Gasteiger partial charge in [-0.3, -0.25) is 9.10 Å². The van der Waals surface area contributed by atoms with Crippen molar-refractivity contribution in [2.75, 3.05) is 24.6 Å². The molecule has 0 fully saturated rings. The minimum absolute atomic E-state index is 0.0489. The zero-order valence-corrected chi connectivity index (χ0v) is 19.8. The average Bonchev–Trinajstić information content (AvgIpc) is 2.81. The molecule has 0 aromatic heterocycles. The molecule has 0 atom stereocenters. The molecule has 3 rings (SSSR count). The van der Waals surface area contributed by atoms with Crippen molar-refractivity contribution in [2.24, 2.45) is 0 Å². The highest BCUT2D eigenvalue weighted by molar-refractivity contribution is 9.10. The first-order chi connectivity index (χ1) is 15.7. The monoisotopic (exact) mass is 535 g/mol. The molecule has 172 valence electrons. The van der Waals surface area contributed by atoms with Crippen LogP contribution in [0, 0.1) is 5.82 Å². The smallest absolute Gasteiger partial charge is 0.344 e. The highest BCUT2D eigenvalue weighted by Crippen LogP contribution is 2.24. The summed E-state index contributed by atoms with van der Waals surface area (Å²) in [5.41, 5.74) is 0.761. The molecule has 0 saturated carbocycles. The Morgan fingerprint density at radius 1 is 0.909 bits per heavy atom. The molecule has 0 unspecified atom stereocenters. The lowest BCUT2D eigenvalue weighted by Crippen LogP contribution is -2.26. The highest BCUT2D eigenvalue weighted by atomic mass is 79.9. The first kappa shape index (κ1) is 24.4. The quantitative estimate of drug-likeness (QED) is 0.301. The van der Waals surface area contributed by atoms with Crippen LogP contribution in [0.4, 0.5) is 10.1 Å². The summed E-state index contributed by atoms with van der Waals surface area (Å²) in [6, 6.07) is 17.2. The third-order valence-electron chi connectivity index (χ3n) is 4.56. The normalized spacial score (nSPS) is 11.0. The molecule has 0 aliphatic rings. The third-order valence-corrected chi connectivity index (χ3v) is 6.89. The van der Waals surface area contributed by atoms with Gasteiger partial charge in [-0.05, 0) is 60.7 Å². The predicted molar refractivity (Wildman–Crippen MR) is 123 cm³/mol. The molecule has 33 heavy (non-hydrogen) atoms. The van der Waals surface area contributed by atoms with Gasteiger partial charge in [-0.1, -0.05) is 28.1 Å². The van der Waals surface area contributed by atoms with E-state index in [0.29, 0.717) is 17.0 Å². The Morgan fingerprint density at radius 2 is 1.52 bits per heavy atom. The summed E-state index contributed by atoms with van der Waals surface area (Å²) in [4.78, 5) is 23.9. The van der Waals surface area contributed by atoms with Gasteiger partial charge in [0.25, 0.3) is 10.0 Å². The standard InChI is InChI=1S/C23H19BrFNO6S/c1-26(33(29,30)21-12-6-18(25)7-13-21)19-8-10-20(11-9-19)31-15-23(28)32-14-22(27)16-2-4-17(24)5-3-16/h2-13H,14-15H2,1H3. The van der Waals surface area contributed by atoms with Crippen LogP contribution in [0.3, 0.4) is 0 Å². The summed E-state index contributed by atoms with van der Waals surface area (Å²) in [7, 11) is -2.50. The van der Waals surface area contributed by atoms with Crippen LogP contribution in [-0.4, -0.2) is 40.4 Å². The largest absolute Gasteiger partial charge is 0.482 e. The number of anilines is 1. The molecule has 0 heterocycles. The van der Waals surface area contributed by atoms with Crippen LogP contribution in [0.15, 0.2) is 82.2 Å². The number of ether oxygens (including phenoxy) is 2. The molecule has 10 heteroatoms. The van der Waals surface area contributed by atoms with Gasteiger partial charge in [0, 0.05) is 17.1 Å². The molecular weight excluding hydrogens is 517 g/mol. The fraction of sp³-hybridized carbons (Fsp3) is 0.130. The number of sulfonamides is 1. The molecule has 3 aromatic carbocycles. The molecule has 0 radical (unpaired) electrons. The van der Waals surface area contributed by atoms with E-state index in [0.717, 1.165) is 20.9 Å². The Labute approximate surface area is 198 Å². The van der Waals surface area contributed by atoms with Crippen LogP contribution in [-0.2, 0) is 19.6 Å². The molecule has 0 bridgehead atoms. The summed E-state index contributed by atoms with van der Waals surface area (Å²) in [5, 5.41) is 0. The summed E-state index contributed by atoms with van der Waals surface area (Å²) in [5.74, 6) is -1.29. The van der Waals surface area contributed by atoms with Crippen LogP contribution >= 0.6 is 15.9 Å². The van der Waals surface area contributed by atoms with Crippen molar-refractivity contribution in [1.82, 2.24) is 0 Å². The number of nitrogens with zero attached hydrogens (tertiary/aromatic N) is 1. The van der Waals surface area contributed by atoms with E-state index in [4.69, 9.17) is 9.47 Å². The molecule has 0 saturated heterocycles. The second kappa shape index (κ2) is 10.6. The van der Waals surface area contributed by atoms with E-state index in [1.165, 1.54) is 43.4 Å². The first-order valence-corrected chi connectivity index (χ1v) is 11.8. The molecule has 0 aliphatic carbocycles. The van der Waals surface area contributed by atoms with Crippen LogP contribution in [0.25, 0.3) is 0 Å². The van der Waals surface area contributed by atoms with Crippen LogP contribution in [0.5, 0.6) is 5.75 Å². The Balaban J connectivity index is 1.52. The van der Waals surface area contributed by atoms with Crippen molar-refractivity contribution in [3.05, 3.63) is 88.6 Å². The zero-order chi connectivity index (χ0) is 24.0. The van der Waals surface area contributed by atoms with Crippen molar-refractivity contribution >= 4 is 43.4 Å². The van der Waals surface area contributed by atoms with Crippen LogP contribution in [0.1, 0.15) is 10.4 Å². The number of ketones is 1. The number of hydrogen-bond donors (Lipinski definition) is 0. The number of Topliss-reactive ketones (excluding diaryl/α,β-unsaturated/α-hetero) is 1. The zero-order valence-electron chi connectivity index (χ0n) is 17.4. The number of carbonyl (C=O) groups is 2.